The predicted molar refractivity (Wildman–Crippen MR) is 113 cm³/mol. The van der Waals surface area contributed by atoms with Gasteiger partial charge in [-0.15, -0.1) is 0 Å². The lowest BCUT2D eigenvalue weighted by atomic mass is 10.1. The van der Waals surface area contributed by atoms with Crippen LogP contribution in [0.3, 0.4) is 0 Å². The van der Waals surface area contributed by atoms with E-state index in [1.165, 1.54) is 18.2 Å². The highest BCUT2D eigenvalue weighted by atomic mass is 32.2. The molecule has 1 aliphatic carbocycles. The highest BCUT2D eigenvalue weighted by Crippen LogP contribution is 2.38. The molecular weight excluding hydrogens is 446 g/mol. The Labute approximate surface area is 183 Å². The van der Waals surface area contributed by atoms with Gasteiger partial charge in [-0.05, 0) is 62.6 Å². The fourth-order valence-electron chi connectivity index (χ4n) is 4.16. The van der Waals surface area contributed by atoms with Gasteiger partial charge in [0.1, 0.15) is 16.8 Å². The second-order valence-corrected chi connectivity index (χ2v) is 9.98. The number of rotatable bonds is 5. The molecule has 1 N–H and O–H groups in total. The molecule has 1 aromatic carbocycles. The molecular formula is C22H23F4N3O2S. The van der Waals surface area contributed by atoms with E-state index in [1.807, 2.05) is 6.07 Å². The Balaban J connectivity index is 1.74. The SMILES string of the molecule is Cc1cc2c(cc1F)cc(-c1ccc(S(=O)(=O)NC(C)C(F)(F)F)cn1)n2C1CCCC1. The Kier molecular flexibility index (Phi) is 5.79. The summed E-state index contributed by atoms with van der Waals surface area (Å²) in [7, 11) is -4.39. The van der Waals surface area contributed by atoms with E-state index in [0.29, 0.717) is 16.6 Å². The van der Waals surface area contributed by atoms with Crippen molar-refractivity contribution in [3.05, 3.63) is 47.9 Å². The topological polar surface area (TPSA) is 64.0 Å². The standard InChI is InChI=1S/C22H23F4N3O2S/c1-13-9-20-15(10-18(13)23)11-21(29(20)16-5-3-4-6-16)19-8-7-17(12-27-19)32(30,31)28-14(2)22(24,25)26/h7-12,14,16,28H,3-6H2,1-2H3. The van der Waals surface area contributed by atoms with Gasteiger partial charge < -0.3 is 4.57 Å². The summed E-state index contributed by atoms with van der Waals surface area (Å²) in [6.45, 7) is 2.44. The van der Waals surface area contributed by atoms with Crippen molar-refractivity contribution < 1.29 is 26.0 Å². The third-order valence-corrected chi connectivity index (χ3v) is 7.47. The van der Waals surface area contributed by atoms with Crippen LogP contribution < -0.4 is 4.72 Å². The molecule has 1 aliphatic rings. The molecule has 5 nitrogen and oxygen atoms in total. The highest BCUT2D eigenvalue weighted by molar-refractivity contribution is 7.89. The van der Waals surface area contributed by atoms with Gasteiger partial charge in [-0.3, -0.25) is 4.98 Å². The van der Waals surface area contributed by atoms with Crippen LogP contribution in [0.4, 0.5) is 17.6 Å². The first-order valence-electron chi connectivity index (χ1n) is 10.3. The average Bonchev–Trinajstić information content (AvgIpc) is 3.35. The largest absolute Gasteiger partial charge is 0.404 e. The molecule has 2 heterocycles. The Morgan fingerprint density at radius 2 is 1.84 bits per heavy atom. The van der Waals surface area contributed by atoms with E-state index >= 15 is 0 Å². The van der Waals surface area contributed by atoms with Crippen molar-refractivity contribution in [1.29, 1.82) is 0 Å². The number of sulfonamides is 1. The third-order valence-electron chi connectivity index (χ3n) is 5.94. The van der Waals surface area contributed by atoms with Crippen LogP contribution in [-0.4, -0.2) is 30.2 Å². The van der Waals surface area contributed by atoms with E-state index in [2.05, 4.69) is 9.55 Å². The normalized spacial score (nSPS) is 16.7. The molecule has 0 saturated heterocycles. The number of nitrogens with one attached hydrogen (secondary N) is 1. The minimum absolute atomic E-state index is 0.215. The maximum Gasteiger partial charge on any atom is 0.404 e. The zero-order valence-electron chi connectivity index (χ0n) is 17.6. The lowest BCUT2D eigenvalue weighted by Gasteiger charge is -2.19. The van der Waals surface area contributed by atoms with Crippen molar-refractivity contribution in [2.24, 2.45) is 0 Å². The Morgan fingerprint density at radius 3 is 2.44 bits per heavy atom. The maximum atomic E-state index is 14.2. The molecule has 172 valence electrons. The molecule has 1 saturated carbocycles. The van der Waals surface area contributed by atoms with Crippen LogP contribution in [0.2, 0.25) is 0 Å². The molecule has 10 heteroatoms. The van der Waals surface area contributed by atoms with Gasteiger partial charge in [0, 0.05) is 23.1 Å². The van der Waals surface area contributed by atoms with E-state index in [0.717, 1.165) is 50.0 Å². The number of benzene rings is 1. The summed E-state index contributed by atoms with van der Waals surface area (Å²) in [6.07, 6.45) is 0.451. The van der Waals surface area contributed by atoms with Crippen molar-refractivity contribution in [1.82, 2.24) is 14.3 Å². The zero-order valence-corrected chi connectivity index (χ0v) is 18.4. The van der Waals surface area contributed by atoms with E-state index < -0.39 is 22.2 Å². The molecule has 4 rings (SSSR count). The maximum absolute atomic E-state index is 14.2. The van der Waals surface area contributed by atoms with Crippen LogP contribution in [0.15, 0.2) is 41.4 Å². The van der Waals surface area contributed by atoms with E-state index in [-0.39, 0.29) is 16.8 Å². The average molecular weight is 470 g/mol. The number of hydrogen-bond acceptors (Lipinski definition) is 3. The predicted octanol–water partition coefficient (Wildman–Crippen LogP) is 5.50. The Bertz CT molecular complexity index is 1240. The molecule has 0 spiro atoms. The first-order valence-corrected chi connectivity index (χ1v) is 11.8. The molecule has 32 heavy (non-hydrogen) atoms. The number of alkyl halides is 3. The number of pyridine rings is 1. The van der Waals surface area contributed by atoms with Gasteiger partial charge in [0.2, 0.25) is 10.0 Å². The monoisotopic (exact) mass is 469 g/mol. The molecule has 1 atom stereocenters. The second-order valence-electron chi connectivity index (χ2n) is 8.26. The third kappa shape index (κ3) is 4.25. The first-order chi connectivity index (χ1) is 15.0. The number of halogens is 4. The number of fused-ring (bicyclic) bond motifs is 1. The highest BCUT2D eigenvalue weighted by Gasteiger charge is 2.39. The number of aryl methyl sites for hydroxylation is 1. The molecule has 2 aromatic heterocycles. The summed E-state index contributed by atoms with van der Waals surface area (Å²) < 4.78 is 80.8. The van der Waals surface area contributed by atoms with Gasteiger partial charge in [0.05, 0.1) is 11.4 Å². The van der Waals surface area contributed by atoms with Crippen molar-refractivity contribution >= 4 is 20.9 Å². The van der Waals surface area contributed by atoms with Crippen LogP contribution in [0.25, 0.3) is 22.3 Å². The van der Waals surface area contributed by atoms with Crippen LogP contribution >= 0.6 is 0 Å². The van der Waals surface area contributed by atoms with Crippen LogP contribution in [-0.2, 0) is 10.0 Å². The second kappa shape index (κ2) is 8.15. The smallest absolute Gasteiger partial charge is 0.336 e. The van der Waals surface area contributed by atoms with Crippen LogP contribution in [0.1, 0.15) is 44.2 Å². The van der Waals surface area contributed by atoms with Gasteiger partial charge in [-0.25, -0.2) is 12.8 Å². The molecule has 3 aromatic rings. The number of nitrogens with zero attached hydrogens (tertiary/aromatic N) is 2. The van der Waals surface area contributed by atoms with Crippen LogP contribution in [0, 0.1) is 12.7 Å². The van der Waals surface area contributed by atoms with Crippen molar-refractivity contribution in [2.75, 3.05) is 0 Å². The fraction of sp³-hybridized carbons (Fsp3) is 0.409. The quantitative estimate of drug-likeness (QED) is 0.502. The minimum atomic E-state index is -4.70. The van der Waals surface area contributed by atoms with E-state index in [1.54, 1.807) is 17.7 Å². The van der Waals surface area contributed by atoms with Gasteiger partial charge in [0.15, 0.2) is 0 Å². The number of hydrogen-bond donors (Lipinski definition) is 1. The Hall–Kier alpha value is -2.46. The van der Waals surface area contributed by atoms with Crippen molar-refractivity contribution in [3.8, 4) is 11.4 Å². The van der Waals surface area contributed by atoms with Crippen molar-refractivity contribution in [3.63, 3.8) is 0 Å². The fourth-order valence-corrected chi connectivity index (χ4v) is 5.34. The first kappa shape index (κ1) is 22.7. The van der Waals surface area contributed by atoms with Gasteiger partial charge in [-0.2, -0.15) is 17.9 Å². The molecule has 1 unspecified atom stereocenters. The van der Waals surface area contributed by atoms with Gasteiger partial charge in [0.25, 0.3) is 0 Å². The van der Waals surface area contributed by atoms with Gasteiger partial charge in [-0.1, -0.05) is 12.8 Å². The lowest BCUT2D eigenvalue weighted by Crippen LogP contribution is -2.42. The summed E-state index contributed by atoms with van der Waals surface area (Å²) in [6, 6.07) is 5.78. The lowest BCUT2D eigenvalue weighted by molar-refractivity contribution is -0.147. The molecule has 0 aliphatic heterocycles. The molecule has 0 amide bonds. The van der Waals surface area contributed by atoms with Crippen LogP contribution in [0.5, 0.6) is 0 Å². The van der Waals surface area contributed by atoms with Gasteiger partial charge >= 0.3 is 6.18 Å². The van der Waals surface area contributed by atoms with E-state index in [4.69, 9.17) is 0 Å². The molecule has 1 fully saturated rings. The summed E-state index contributed by atoms with van der Waals surface area (Å²) in [4.78, 5) is 3.88. The number of aromatic nitrogens is 2. The summed E-state index contributed by atoms with van der Waals surface area (Å²) in [5.74, 6) is -0.313. The minimum Gasteiger partial charge on any atom is -0.336 e. The van der Waals surface area contributed by atoms with E-state index in [9.17, 15) is 26.0 Å². The summed E-state index contributed by atoms with van der Waals surface area (Å²) in [5.41, 5.74) is 2.59. The molecule has 0 bridgehead atoms. The Morgan fingerprint density at radius 1 is 1.16 bits per heavy atom. The molecule has 0 radical (unpaired) electrons. The summed E-state index contributed by atoms with van der Waals surface area (Å²) in [5, 5.41) is 0.717. The van der Waals surface area contributed by atoms with Crippen molar-refractivity contribution in [2.45, 2.75) is 62.7 Å². The summed E-state index contributed by atoms with van der Waals surface area (Å²) >= 11 is 0. The zero-order chi connectivity index (χ0) is 23.3.